The summed E-state index contributed by atoms with van der Waals surface area (Å²) in [6, 6.07) is 19.6. The molecular formula is C21H20N5O+. The van der Waals surface area contributed by atoms with Crippen molar-refractivity contribution in [2.75, 3.05) is 36.4 Å². The van der Waals surface area contributed by atoms with Crippen LogP contribution in [0.25, 0.3) is 10.8 Å². The predicted octanol–water partition coefficient (Wildman–Crippen LogP) is 2.88. The SMILES string of the molecule is N#Cc1ccc[nH+]c1N1CCN(C(=O)Nc2cccc3ccccc23)CC1. The minimum Gasteiger partial charge on any atom is -0.317 e. The maximum absolute atomic E-state index is 12.7. The van der Waals surface area contributed by atoms with Crippen molar-refractivity contribution in [2.45, 2.75) is 0 Å². The third kappa shape index (κ3) is 3.40. The molecule has 1 aliphatic rings. The number of aromatic amines is 1. The number of carbonyl (C=O) groups is 1. The Hall–Kier alpha value is -3.59. The first-order valence-corrected chi connectivity index (χ1v) is 8.96. The standard InChI is InChI=1S/C21H19N5O/c22-15-17-7-4-10-23-20(17)25-11-13-26(14-12-25)21(27)24-19-9-3-6-16-5-1-2-8-18(16)19/h1-10H,11-14H2,(H,24,27)/p+1. The number of urea groups is 1. The summed E-state index contributed by atoms with van der Waals surface area (Å²) in [4.78, 5) is 19.8. The number of aromatic nitrogens is 1. The molecular weight excluding hydrogens is 338 g/mol. The number of nitriles is 1. The number of benzene rings is 2. The molecule has 27 heavy (non-hydrogen) atoms. The molecule has 1 saturated heterocycles. The lowest BCUT2D eigenvalue weighted by molar-refractivity contribution is -0.364. The molecule has 0 bridgehead atoms. The molecule has 0 radical (unpaired) electrons. The van der Waals surface area contributed by atoms with E-state index in [2.05, 4.69) is 21.3 Å². The van der Waals surface area contributed by atoms with Gasteiger partial charge in [-0.2, -0.15) is 5.26 Å². The summed E-state index contributed by atoms with van der Waals surface area (Å²) in [6.07, 6.45) is 1.82. The monoisotopic (exact) mass is 358 g/mol. The summed E-state index contributed by atoms with van der Waals surface area (Å²) < 4.78 is 0. The van der Waals surface area contributed by atoms with Crippen molar-refractivity contribution in [2.24, 2.45) is 0 Å². The van der Waals surface area contributed by atoms with Crippen molar-refractivity contribution in [3.63, 3.8) is 0 Å². The highest BCUT2D eigenvalue weighted by atomic mass is 16.2. The lowest BCUT2D eigenvalue weighted by Crippen LogP contribution is -2.51. The van der Waals surface area contributed by atoms with E-state index in [9.17, 15) is 10.1 Å². The number of carbonyl (C=O) groups excluding carboxylic acids is 1. The maximum atomic E-state index is 12.7. The van der Waals surface area contributed by atoms with Gasteiger partial charge in [-0.3, -0.25) is 4.90 Å². The van der Waals surface area contributed by atoms with Gasteiger partial charge in [-0.1, -0.05) is 36.4 Å². The van der Waals surface area contributed by atoms with Crippen molar-refractivity contribution in [1.29, 1.82) is 5.26 Å². The van der Waals surface area contributed by atoms with Crippen LogP contribution in [0.2, 0.25) is 0 Å². The molecule has 134 valence electrons. The summed E-state index contributed by atoms with van der Waals surface area (Å²) in [7, 11) is 0. The van der Waals surface area contributed by atoms with Crippen molar-refractivity contribution < 1.29 is 9.78 Å². The number of fused-ring (bicyclic) bond motifs is 1. The first-order valence-electron chi connectivity index (χ1n) is 8.96. The zero-order valence-electron chi connectivity index (χ0n) is 14.9. The largest absolute Gasteiger partial charge is 0.322 e. The molecule has 0 spiro atoms. The number of amides is 2. The molecule has 2 heterocycles. The highest BCUT2D eigenvalue weighted by molar-refractivity contribution is 6.01. The molecule has 1 aromatic heterocycles. The molecule has 1 fully saturated rings. The van der Waals surface area contributed by atoms with Crippen LogP contribution in [0, 0.1) is 11.3 Å². The van der Waals surface area contributed by atoms with Gasteiger partial charge in [0.2, 0.25) is 0 Å². The van der Waals surface area contributed by atoms with Crippen molar-refractivity contribution in [1.82, 2.24) is 4.90 Å². The number of hydrogen-bond donors (Lipinski definition) is 1. The highest BCUT2D eigenvalue weighted by Gasteiger charge is 2.28. The van der Waals surface area contributed by atoms with Crippen LogP contribution in [-0.4, -0.2) is 37.1 Å². The molecule has 1 aliphatic heterocycles. The summed E-state index contributed by atoms with van der Waals surface area (Å²) in [5, 5.41) is 14.4. The van der Waals surface area contributed by atoms with E-state index in [1.165, 1.54) is 0 Å². The second-order valence-electron chi connectivity index (χ2n) is 6.48. The Balaban J connectivity index is 1.44. The Morgan fingerprint density at radius 1 is 1.00 bits per heavy atom. The van der Waals surface area contributed by atoms with E-state index in [0.717, 1.165) is 22.3 Å². The van der Waals surface area contributed by atoms with Crippen LogP contribution in [0.1, 0.15) is 5.56 Å². The minimum atomic E-state index is -0.0939. The number of anilines is 2. The minimum absolute atomic E-state index is 0.0939. The van der Waals surface area contributed by atoms with Gasteiger partial charge in [0.1, 0.15) is 24.7 Å². The highest BCUT2D eigenvalue weighted by Crippen LogP contribution is 2.23. The zero-order chi connectivity index (χ0) is 18.6. The number of H-pyrrole nitrogens is 1. The topological polar surface area (TPSA) is 73.5 Å². The van der Waals surface area contributed by atoms with E-state index in [-0.39, 0.29) is 6.03 Å². The summed E-state index contributed by atoms with van der Waals surface area (Å²) in [5.74, 6) is 0.814. The number of nitrogens with zero attached hydrogens (tertiary/aromatic N) is 3. The van der Waals surface area contributed by atoms with Crippen LogP contribution < -0.4 is 15.2 Å². The molecule has 6 nitrogen and oxygen atoms in total. The van der Waals surface area contributed by atoms with Crippen LogP contribution in [0.5, 0.6) is 0 Å². The smallest absolute Gasteiger partial charge is 0.317 e. The average molecular weight is 358 g/mol. The lowest BCUT2D eigenvalue weighted by Gasteiger charge is -2.31. The predicted molar refractivity (Wildman–Crippen MR) is 104 cm³/mol. The van der Waals surface area contributed by atoms with Crippen LogP contribution in [-0.2, 0) is 0 Å². The van der Waals surface area contributed by atoms with Gasteiger partial charge in [-0.15, -0.1) is 0 Å². The first kappa shape index (κ1) is 16.9. The first-order chi connectivity index (χ1) is 13.3. The molecule has 2 N–H and O–H groups in total. The Morgan fingerprint density at radius 3 is 2.59 bits per heavy atom. The molecule has 0 unspecified atom stereocenters. The number of hydrogen-bond acceptors (Lipinski definition) is 3. The molecule has 2 amide bonds. The van der Waals surface area contributed by atoms with E-state index >= 15 is 0 Å². The van der Waals surface area contributed by atoms with Crippen molar-refractivity contribution >= 4 is 28.3 Å². The number of piperazine rings is 1. The Kier molecular flexibility index (Phi) is 4.58. The normalized spacial score (nSPS) is 14.0. The molecule has 0 saturated carbocycles. The van der Waals surface area contributed by atoms with Crippen LogP contribution in [0.15, 0.2) is 60.8 Å². The second-order valence-corrected chi connectivity index (χ2v) is 6.48. The number of pyridine rings is 1. The second kappa shape index (κ2) is 7.34. The van der Waals surface area contributed by atoms with Crippen molar-refractivity contribution in [3.05, 3.63) is 66.4 Å². The molecule has 0 aliphatic carbocycles. The van der Waals surface area contributed by atoms with Gasteiger partial charge in [0.25, 0.3) is 5.82 Å². The fraction of sp³-hybridized carbons (Fsp3) is 0.190. The van der Waals surface area contributed by atoms with Gasteiger partial charge in [-0.25, -0.2) is 9.78 Å². The molecule has 0 atom stereocenters. The van der Waals surface area contributed by atoms with Gasteiger partial charge < -0.3 is 10.2 Å². The van der Waals surface area contributed by atoms with Crippen LogP contribution in [0.4, 0.5) is 16.3 Å². The summed E-state index contributed by atoms with van der Waals surface area (Å²) >= 11 is 0. The number of nitrogens with one attached hydrogen (secondary N) is 2. The number of rotatable bonds is 2. The van der Waals surface area contributed by atoms with E-state index in [1.54, 1.807) is 6.07 Å². The van der Waals surface area contributed by atoms with Gasteiger partial charge in [0, 0.05) is 5.39 Å². The lowest BCUT2D eigenvalue weighted by atomic mass is 10.1. The molecule has 3 aromatic rings. The van der Waals surface area contributed by atoms with Gasteiger partial charge in [0.05, 0.1) is 25.0 Å². The Labute approximate surface area is 157 Å². The van der Waals surface area contributed by atoms with E-state index in [0.29, 0.717) is 31.7 Å². The van der Waals surface area contributed by atoms with Crippen LogP contribution >= 0.6 is 0 Å². The maximum Gasteiger partial charge on any atom is 0.322 e. The van der Waals surface area contributed by atoms with Gasteiger partial charge in [-0.05, 0) is 23.6 Å². The fourth-order valence-electron chi connectivity index (χ4n) is 3.44. The quantitative estimate of drug-likeness (QED) is 0.765. The fourth-order valence-corrected chi connectivity index (χ4v) is 3.44. The molecule has 2 aromatic carbocycles. The molecule has 6 heteroatoms. The third-order valence-corrected chi connectivity index (χ3v) is 4.87. The van der Waals surface area contributed by atoms with Crippen molar-refractivity contribution in [3.8, 4) is 6.07 Å². The molecule has 4 rings (SSSR count). The third-order valence-electron chi connectivity index (χ3n) is 4.87. The zero-order valence-corrected chi connectivity index (χ0v) is 14.9. The van der Waals surface area contributed by atoms with E-state index in [4.69, 9.17) is 0 Å². The average Bonchev–Trinajstić information content (AvgIpc) is 2.74. The Morgan fingerprint density at radius 2 is 1.78 bits per heavy atom. The van der Waals surface area contributed by atoms with Gasteiger partial charge >= 0.3 is 6.03 Å². The summed E-state index contributed by atoms with van der Waals surface area (Å²) in [6.45, 7) is 2.56. The summed E-state index contributed by atoms with van der Waals surface area (Å²) in [5.41, 5.74) is 1.44. The van der Waals surface area contributed by atoms with Crippen LogP contribution in [0.3, 0.4) is 0 Å². The Bertz CT molecular complexity index is 1010. The van der Waals surface area contributed by atoms with E-state index < -0.39 is 0 Å². The van der Waals surface area contributed by atoms with Gasteiger partial charge in [0.15, 0.2) is 0 Å². The van der Waals surface area contributed by atoms with E-state index in [1.807, 2.05) is 59.6 Å².